The van der Waals surface area contributed by atoms with Crippen LogP contribution in [0.2, 0.25) is 0 Å². The Labute approximate surface area is 266 Å². The minimum Gasteiger partial charge on any atom is -0.307 e. The van der Waals surface area contributed by atoms with Crippen LogP contribution in [0.1, 0.15) is 0 Å². The van der Waals surface area contributed by atoms with E-state index >= 15 is 0 Å². The number of benzene rings is 6. The van der Waals surface area contributed by atoms with Gasteiger partial charge < -0.3 is 9.13 Å². The van der Waals surface area contributed by atoms with Crippen molar-refractivity contribution in [2.75, 3.05) is 0 Å². The molecule has 4 nitrogen and oxygen atoms in total. The summed E-state index contributed by atoms with van der Waals surface area (Å²) in [7, 11) is 0. The molecule has 0 unspecified atom stereocenters. The van der Waals surface area contributed by atoms with Gasteiger partial charge in [0.15, 0.2) is 5.82 Å². The van der Waals surface area contributed by atoms with Gasteiger partial charge in [-0.3, -0.25) is 0 Å². The van der Waals surface area contributed by atoms with Crippen molar-refractivity contribution in [2.45, 2.75) is 0 Å². The third-order valence-electron chi connectivity index (χ3n) is 8.72. The molecule has 46 heavy (non-hydrogen) atoms. The Hall–Kier alpha value is -6.26. The molecule has 0 atom stereocenters. The van der Waals surface area contributed by atoms with Crippen LogP contribution < -0.4 is 0 Å². The zero-order chi connectivity index (χ0) is 30.5. The van der Waals surface area contributed by atoms with Crippen LogP contribution in [0, 0.1) is 0 Å². The molecule has 0 saturated carbocycles. The van der Waals surface area contributed by atoms with E-state index in [4.69, 9.17) is 9.97 Å². The van der Waals surface area contributed by atoms with Crippen molar-refractivity contribution in [2.24, 2.45) is 0 Å². The molecule has 0 bridgehead atoms. The molecule has 3 aromatic heterocycles. The first-order chi connectivity index (χ1) is 22.8. The van der Waals surface area contributed by atoms with Gasteiger partial charge in [0.2, 0.25) is 0 Å². The molecule has 0 aliphatic heterocycles. The number of hydrogen-bond acceptors (Lipinski definition) is 2. The van der Waals surface area contributed by atoms with Gasteiger partial charge in [0.25, 0.3) is 0 Å². The Bertz CT molecular complexity index is 2440. The molecular weight excluding hydrogens is 560 g/mol. The lowest BCUT2D eigenvalue weighted by Gasteiger charge is -2.13. The molecule has 6 aromatic carbocycles. The van der Waals surface area contributed by atoms with Crippen molar-refractivity contribution in [1.29, 1.82) is 0 Å². The van der Waals surface area contributed by atoms with E-state index < -0.39 is 0 Å². The maximum Gasteiger partial charge on any atom is 0.162 e. The first-order valence-corrected chi connectivity index (χ1v) is 15.5. The molecule has 0 N–H and O–H groups in total. The normalized spacial score (nSPS) is 11.5. The second-order valence-corrected chi connectivity index (χ2v) is 11.5. The molecule has 9 rings (SSSR count). The summed E-state index contributed by atoms with van der Waals surface area (Å²) in [5.41, 5.74) is 11.7. The molecule has 0 saturated heterocycles. The number of rotatable bonds is 5. The molecule has 9 aromatic rings. The van der Waals surface area contributed by atoms with Crippen LogP contribution in [0.3, 0.4) is 0 Å². The summed E-state index contributed by atoms with van der Waals surface area (Å²) in [5, 5.41) is 2.34. The summed E-state index contributed by atoms with van der Waals surface area (Å²) in [5.74, 6) is 0.693. The van der Waals surface area contributed by atoms with Crippen molar-refractivity contribution < 1.29 is 0 Å². The molecule has 0 amide bonds. The fourth-order valence-corrected chi connectivity index (χ4v) is 6.73. The van der Waals surface area contributed by atoms with Crippen LogP contribution >= 0.6 is 0 Å². The van der Waals surface area contributed by atoms with E-state index in [9.17, 15) is 0 Å². The third kappa shape index (κ3) is 4.15. The van der Waals surface area contributed by atoms with Gasteiger partial charge in [-0.1, -0.05) is 127 Å². The first-order valence-electron chi connectivity index (χ1n) is 15.5. The maximum atomic E-state index is 5.25. The Kier molecular flexibility index (Phi) is 6.10. The topological polar surface area (TPSA) is 35.6 Å². The molecule has 3 heterocycles. The highest BCUT2D eigenvalue weighted by molar-refractivity contribution is 6.22. The fraction of sp³-hybridized carbons (Fsp3) is 0. The van der Waals surface area contributed by atoms with Crippen LogP contribution in [0.15, 0.2) is 170 Å². The predicted molar refractivity (Wildman–Crippen MR) is 190 cm³/mol. The fourth-order valence-electron chi connectivity index (χ4n) is 6.73. The molecule has 0 radical (unpaired) electrons. The standard InChI is InChI=1S/C42H28N4/c1-5-16-29(17-6-1)36-28-37(30-18-7-2-8-19-30)44-42(43-36)35-26-15-25-34-39(35)46(32-22-11-4-12-23-32)40-33-24-13-14-27-38(33)45(41(34)40)31-20-9-3-10-21-31/h1-28H. The number of para-hydroxylation sites is 4. The zero-order valence-electron chi connectivity index (χ0n) is 25.0. The molecule has 4 heteroatoms. The molecular formula is C42H28N4. The number of nitrogens with zero attached hydrogens (tertiary/aromatic N) is 4. The Morgan fingerprint density at radius 3 is 1.46 bits per heavy atom. The predicted octanol–water partition coefficient (Wildman–Crippen LogP) is 10.5. The number of hydrogen-bond donors (Lipinski definition) is 0. The van der Waals surface area contributed by atoms with E-state index in [-0.39, 0.29) is 0 Å². The van der Waals surface area contributed by atoms with Crippen LogP contribution in [0.25, 0.3) is 78.1 Å². The van der Waals surface area contributed by atoms with E-state index in [1.807, 2.05) is 12.1 Å². The van der Waals surface area contributed by atoms with Gasteiger partial charge >= 0.3 is 0 Å². The molecule has 216 valence electrons. The van der Waals surface area contributed by atoms with Crippen molar-refractivity contribution >= 4 is 32.8 Å². The Balaban J connectivity index is 1.44. The summed E-state index contributed by atoms with van der Waals surface area (Å²) in [6, 6.07) is 59.3. The van der Waals surface area contributed by atoms with Gasteiger partial charge in [-0.05, 0) is 42.5 Å². The summed E-state index contributed by atoms with van der Waals surface area (Å²) in [6.45, 7) is 0. The van der Waals surface area contributed by atoms with Gasteiger partial charge in [-0.25, -0.2) is 9.97 Å². The highest BCUT2D eigenvalue weighted by atomic mass is 15.1. The second-order valence-electron chi connectivity index (χ2n) is 11.5. The monoisotopic (exact) mass is 588 g/mol. The lowest BCUT2D eigenvalue weighted by atomic mass is 10.1. The highest BCUT2D eigenvalue weighted by Crippen LogP contribution is 2.43. The van der Waals surface area contributed by atoms with Crippen molar-refractivity contribution in [1.82, 2.24) is 19.1 Å². The number of aromatic nitrogens is 4. The lowest BCUT2D eigenvalue weighted by Crippen LogP contribution is -1.99. The van der Waals surface area contributed by atoms with Gasteiger partial charge in [-0.15, -0.1) is 0 Å². The molecule has 0 aliphatic rings. The summed E-state index contributed by atoms with van der Waals surface area (Å²) in [6.07, 6.45) is 0. The van der Waals surface area contributed by atoms with Gasteiger partial charge in [0, 0.05) is 38.8 Å². The third-order valence-corrected chi connectivity index (χ3v) is 8.72. The van der Waals surface area contributed by atoms with Gasteiger partial charge in [0.1, 0.15) is 0 Å². The van der Waals surface area contributed by atoms with Crippen LogP contribution in [0.5, 0.6) is 0 Å². The summed E-state index contributed by atoms with van der Waals surface area (Å²) >= 11 is 0. The van der Waals surface area contributed by atoms with Gasteiger partial charge in [-0.2, -0.15) is 0 Å². The maximum absolute atomic E-state index is 5.25. The average Bonchev–Trinajstić information content (AvgIpc) is 3.66. The van der Waals surface area contributed by atoms with E-state index in [1.54, 1.807) is 0 Å². The van der Waals surface area contributed by atoms with Crippen molar-refractivity contribution in [3.63, 3.8) is 0 Å². The zero-order valence-corrected chi connectivity index (χ0v) is 25.0. The second kappa shape index (κ2) is 10.7. The SMILES string of the molecule is c1ccc(-c2cc(-c3ccccc3)nc(-c3cccc4c3n(-c3ccccc3)c3c5ccccc5n(-c5ccccc5)c43)n2)cc1. The van der Waals surface area contributed by atoms with E-state index in [1.165, 1.54) is 10.9 Å². The van der Waals surface area contributed by atoms with Crippen LogP contribution in [-0.4, -0.2) is 19.1 Å². The van der Waals surface area contributed by atoms with Crippen molar-refractivity contribution in [3.8, 4) is 45.3 Å². The Morgan fingerprint density at radius 2 is 0.848 bits per heavy atom. The molecule has 0 spiro atoms. The Morgan fingerprint density at radius 1 is 0.370 bits per heavy atom. The number of fused-ring (bicyclic) bond motifs is 5. The summed E-state index contributed by atoms with van der Waals surface area (Å²) < 4.78 is 4.80. The summed E-state index contributed by atoms with van der Waals surface area (Å²) in [4.78, 5) is 10.5. The average molecular weight is 589 g/mol. The van der Waals surface area contributed by atoms with Gasteiger partial charge in [0.05, 0.1) is 33.5 Å². The van der Waals surface area contributed by atoms with Crippen LogP contribution in [0.4, 0.5) is 0 Å². The highest BCUT2D eigenvalue weighted by Gasteiger charge is 2.25. The largest absolute Gasteiger partial charge is 0.307 e. The van der Waals surface area contributed by atoms with Crippen LogP contribution in [-0.2, 0) is 0 Å². The quantitative estimate of drug-likeness (QED) is 0.200. The first kappa shape index (κ1) is 26.2. The molecule has 0 fully saturated rings. The van der Waals surface area contributed by atoms with E-state index in [0.717, 1.165) is 61.4 Å². The minimum absolute atomic E-state index is 0.693. The lowest BCUT2D eigenvalue weighted by molar-refractivity contribution is 1.16. The van der Waals surface area contributed by atoms with Crippen molar-refractivity contribution in [3.05, 3.63) is 170 Å². The molecule has 0 aliphatic carbocycles. The van der Waals surface area contributed by atoms with E-state index in [2.05, 4.69) is 167 Å². The van der Waals surface area contributed by atoms with E-state index in [0.29, 0.717) is 5.82 Å². The minimum atomic E-state index is 0.693. The smallest absolute Gasteiger partial charge is 0.162 e.